The molecule has 3 rings (SSSR count). The Kier molecular flexibility index (Phi) is 6.30. The average Bonchev–Trinajstić information content (AvgIpc) is 2.67. The van der Waals surface area contributed by atoms with E-state index in [2.05, 4.69) is 0 Å². The highest BCUT2D eigenvalue weighted by atomic mass is 16.5. The van der Waals surface area contributed by atoms with E-state index in [1.54, 1.807) is 48.5 Å². The van der Waals surface area contributed by atoms with Crippen LogP contribution < -0.4 is 0 Å². The van der Waals surface area contributed by atoms with E-state index in [9.17, 15) is 15.3 Å². The minimum absolute atomic E-state index is 0.132. The highest BCUT2D eigenvalue weighted by Gasteiger charge is 2.09. The molecule has 3 aromatic rings. The number of para-hydroxylation sites is 3. The van der Waals surface area contributed by atoms with Gasteiger partial charge in [-0.2, -0.15) is 0 Å². The summed E-state index contributed by atoms with van der Waals surface area (Å²) in [6, 6.07) is 19.4. The lowest BCUT2D eigenvalue weighted by molar-refractivity contribution is 0.0983. The van der Waals surface area contributed by atoms with Gasteiger partial charge in [0.2, 0.25) is 0 Å². The number of ether oxygens (including phenoxy) is 2. The Hall–Kier alpha value is -3.02. The Labute approximate surface area is 158 Å². The van der Waals surface area contributed by atoms with Crippen molar-refractivity contribution in [3.8, 4) is 17.2 Å². The summed E-state index contributed by atoms with van der Waals surface area (Å²) < 4.78 is 11.2. The van der Waals surface area contributed by atoms with Crippen LogP contribution in [0.5, 0.6) is 17.2 Å². The maximum Gasteiger partial charge on any atom is 0.126 e. The van der Waals surface area contributed by atoms with E-state index < -0.39 is 0 Å². The smallest absolute Gasteiger partial charge is 0.126 e. The van der Waals surface area contributed by atoms with E-state index in [0.717, 1.165) is 0 Å². The lowest BCUT2D eigenvalue weighted by Gasteiger charge is -2.12. The SMILES string of the molecule is Oc1ccccc1COCc1cccc(COCc2ccccc2O)c1O. The van der Waals surface area contributed by atoms with Crippen molar-refractivity contribution >= 4 is 0 Å². The zero-order valence-electron chi connectivity index (χ0n) is 14.8. The van der Waals surface area contributed by atoms with Gasteiger partial charge in [0.1, 0.15) is 17.2 Å². The van der Waals surface area contributed by atoms with Crippen LogP contribution in [-0.4, -0.2) is 15.3 Å². The molecule has 0 unspecified atom stereocenters. The van der Waals surface area contributed by atoms with Crippen molar-refractivity contribution in [2.45, 2.75) is 26.4 Å². The number of hydrogen-bond donors (Lipinski definition) is 3. The van der Waals surface area contributed by atoms with Crippen molar-refractivity contribution in [3.63, 3.8) is 0 Å². The van der Waals surface area contributed by atoms with Gasteiger partial charge in [0, 0.05) is 22.3 Å². The van der Waals surface area contributed by atoms with Gasteiger partial charge in [-0.3, -0.25) is 0 Å². The van der Waals surface area contributed by atoms with Gasteiger partial charge in [0.15, 0.2) is 0 Å². The van der Waals surface area contributed by atoms with Gasteiger partial charge in [-0.25, -0.2) is 0 Å². The summed E-state index contributed by atoms with van der Waals surface area (Å²) in [4.78, 5) is 0. The third kappa shape index (κ3) is 5.00. The largest absolute Gasteiger partial charge is 0.508 e. The topological polar surface area (TPSA) is 79.2 Å². The van der Waals surface area contributed by atoms with Crippen LogP contribution in [0, 0.1) is 0 Å². The van der Waals surface area contributed by atoms with Crippen LogP contribution in [0.15, 0.2) is 66.7 Å². The number of phenolic OH excluding ortho intramolecular Hbond substituents is 3. The monoisotopic (exact) mass is 366 g/mol. The minimum Gasteiger partial charge on any atom is -0.508 e. The number of hydrogen-bond acceptors (Lipinski definition) is 5. The molecule has 140 valence electrons. The standard InChI is InChI=1S/C22H22O5/c23-20-10-3-1-6-16(20)12-26-14-18-8-5-9-19(22(18)25)15-27-13-17-7-2-4-11-21(17)24/h1-11,23-25H,12-15H2. The highest BCUT2D eigenvalue weighted by molar-refractivity contribution is 5.40. The van der Waals surface area contributed by atoms with Crippen LogP contribution in [-0.2, 0) is 35.9 Å². The predicted octanol–water partition coefficient (Wildman–Crippen LogP) is 4.24. The third-order valence-electron chi connectivity index (χ3n) is 4.22. The number of rotatable bonds is 8. The fourth-order valence-electron chi connectivity index (χ4n) is 2.69. The first-order valence-corrected chi connectivity index (χ1v) is 8.64. The molecule has 0 aromatic heterocycles. The maximum atomic E-state index is 10.4. The second-order valence-electron chi connectivity index (χ2n) is 6.17. The average molecular weight is 366 g/mol. The fraction of sp³-hybridized carbons (Fsp3) is 0.182. The van der Waals surface area contributed by atoms with Crippen molar-refractivity contribution < 1.29 is 24.8 Å². The maximum absolute atomic E-state index is 10.4. The van der Waals surface area contributed by atoms with Gasteiger partial charge in [-0.1, -0.05) is 54.6 Å². The predicted molar refractivity (Wildman–Crippen MR) is 101 cm³/mol. The molecule has 0 saturated carbocycles. The van der Waals surface area contributed by atoms with E-state index in [-0.39, 0.29) is 43.7 Å². The van der Waals surface area contributed by atoms with Gasteiger partial charge in [0.25, 0.3) is 0 Å². The van der Waals surface area contributed by atoms with Crippen molar-refractivity contribution in [2.24, 2.45) is 0 Å². The van der Waals surface area contributed by atoms with Gasteiger partial charge in [-0.15, -0.1) is 0 Å². The molecule has 0 atom stereocenters. The molecule has 5 heteroatoms. The molecule has 0 amide bonds. The molecule has 0 bridgehead atoms. The third-order valence-corrected chi connectivity index (χ3v) is 4.22. The first kappa shape index (κ1) is 18.8. The van der Waals surface area contributed by atoms with Crippen LogP contribution in [0.25, 0.3) is 0 Å². The molecule has 0 spiro atoms. The van der Waals surface area contributed by atoms with Gasteiger partial charge >= 0.3 is 0 Å². The lowest BCUT2D eigenvalue weighted by Crippen LogP contribution is -1.99. The van der Waals surface area contributed by atoms with Crippen molar-refractivity contribution in [2.75, 3.05) is 0 Å². The van der Waals surface area contributed by atoms with Gasteiger partial charge < -0.3 is 24.8 Å². The van der Waals surface area contributed by atoms with Crippen molar-refractivity contribution in [3.05, 3.63) is 89.0 Å². The number of phenols is 3. The summed E-state index contributed by atoms with van der Waals surface area (Å²) in [6.45, 7) is 0.932. The molecule has 0 heterocycles. The summed E-state index contributed by atoms with van der Waals surface area (Å²) in [5, 5.41) is 29.9. The van der Waals surface area contributed by atoms with Crippen LogP contribution in [0.1, 0.15) is 22.3 Å². The Morgan fingerprint density at radius 3 is 1.30 bits per heavy atom. The zero-order chi connectivity index (χ0) is 19.1. The molecule has 5 nitrogen and oxygen atoms in total. The van der Waals surface area contributed by atoms with Crippen LogP contribution in [0.2, 0.25) is 0 Å². The number of aromatic hydroxyl groups is 3. The lowest BCUT2D eigenvalue weighted by atomic mass is 10.1. The highest BCUT2D eigenvalue weighted by Crippen LogP contribution is 2.26. The number of benzene rings is 3. The fourth-order valence-corrected chi connectivity index (χ4v) is 2.69. The second kappa shape index (κ2) is 9.07. The quantitative estimate of drug-likeness (QED) is 0.556. The Morgan fingerprint density at radius 2 is 0.852 bits per heavy atom. The van der Waals surface area contributed by atoms with Gasteiger partial charge in [0.05, 0.1) is 26.4 Å². The summed E-state index contributed by atoms with van der Waals surface area (Å²) in [7, 11) is 0. The molecular formula is C22H22O5. The molecule has 0 aliphatic heterocycles. The summed E-state index contributed by atoms with van der Waals surface area (Å²) in [5.41, 5.74) is 2.68. The molecule has 0 aliphatic carbocycles. The summed E-state index contributed by atoms with van der Waals surface area (Å²) in [5.74, 6) is 0.508. The Balaban J connectivity index is 1.55. The summed E-state index contributed by atoms with van der Waals surface area (Å²) >= 11 is 0. The summed E-state index contributed by atoms with van der Waals surface area (Å²) in [6.07, 6.45) is 0. The molecule has 0 fully saturated rings. The molecule has 0 saturated heterocycles. The molecule has 0 aliphatic rings. The second-order valence-corrected chi connectivity index (χ2v) is 6.17. The van der Waals surface area contributed by atoms with Crippen LogP contribution >= 0.6 is 0 Å². The molecular weight excluding hydrogens is 344 g/mol. The molecule has 27 heavy (non-hydrogen) atoms. The first-order valence-electron chi connectivity index (χ1n) is 8.64. The van der Waals surface area contributed by atoms with E-state index >= 15 is 0 Å². The molecule has 3 aromatic carbocycles. The molecule has 0 radical (unpaired) electrons. The first-order chi connectivity index (χ1) is 13.1. The van der Waals surface area contributed by atoms with Crippen LogP contribution in [0.4, 0.5) is 0 Å². The van der Waals surface area contributed by atoms with E-state index in [1.165, 1.54) is 0 Å². The normalized spacial score (nSPS) is 10.8. The molecule has 3 N–H and O–H groups in total. The van der Waals surface area contributed by atoms with E-state index in [0.29, 0.717) is 22.3 Å². The van der Waals surface area contributed by atoms with E-state index in [4.69, 9.17) is 9.47 Å². The van der Waals surface area contributed by atoms with Gasteiger partial charge in [-0.05, 0) is 12.1 Å². The van der Waals surface area contributed by atoms with E-state index in [1.807, 2.05) is 18.2 Å². The van der Waals surface area contributed by atoms with Crippen molar-refractivity contribution in [1.82, 2.24) is 0 Å². The van der Waals surface area contributed by atoms with Crippen LogP contribution in [0.3, 0.4) is 0 Å². The minimum atomic E-state index is 0.132. The Morgan fingerprint density at radius 1 is 0.481 bits per heavy atom. The Bertz CT molecular complexity index is 822. The zero-order valence-corrected chi connectivity index (χ0v) is 14.8. The van der Waals surface area contributed by atoms with Crippen molar-refractivity contribution in [1.29, 1.82) is 0 Å².